The predicted octanol–water partition coefficient (Wildman–Crippen LogP) is 2.60. The van der Waals surface area contributed by atoms with Crippen LogP contribution in [0.15, 0.2) is 23.1 Å². The smallest absolute Gasteiger partial charge is 0.183 e. The summed E-state index contributed by atoms with van der Waals surface area (Å²) in [6, 6.07) is 5.09. The minimum absolute atomic E-state index is 0.302. The van der Waals surface area contributed by atoms with E-state index in [4.69, 9.17) is 11.6 Å². The van der Waals surface area contributed by atoms with Gasteiger partial charge in [0.1, 0.15) is 0 Å². The van der Waals surface area contributed by atoms with Gasteiger partial charge in [-0.3, -0.25) is 0 Å². The average Bonchev–Trinajstić information content (AvgIpc) is 2.16. The molecule has 0 atom stereocenters. The van der Waals surface area contributed by atoms with Crippen molar-refractivity contribution in [2.45, 2.75) is 36.3 Å². The van der Waals surface area contributed by atoms with Crippen molar-refractivity contribution in [3.05, 3.63) is 28.8 Å². The topological polar surface area (TPSA) is 46.2 Å². The molecule has 0 unspecified atom stereocenters. The van der Waals surface area contributed by atoms with Gasteiger partial charge in [-0.1, -0.05) is 17.7 Å². The Balaban J connectivity index is 2.40. The summed E-state index contributed by atoms with van der Waals surface area (Å²) in [5.74, 6) is 0.406. The van der Waals surface area contributed by atoms with Gasteiger partial charge in [0.2, 0.25) is 0 Å². The zero-order valence-corrected chi connectivity index (χ0v) is 12.4. The Labute approximate surface area is 113 Å². The second-order valence-electron chi connectivity index (χ2n) is 5.65. The monoisotopic (exact) mass is 287 g/mol. The van der Waals surface area contributed by atoms with E-state index in [1.54, 1.807) is 32.9 Å². The van der Waals surface area contributed by atoms with Crippen LogP contribution in [0.5, 0.6) is 0 Å². The summed E-state index contributed by atoms with van der Waals surface area (Å²) < 4.78 is 23.8. The molecule has 0 radical (unpaired) electrons. The van der Waals surface area contributed by atoms with E-state index in [0.29, 0.717) is 15.8 Å². The first-order valence-corrected chi connectivity index (χ1v) is 7.84. The normalized spacial score (nSPS) is 17.6. The number of nitrogens with one attached hydrogen (secondary N) is 1. The Kier molecular flexibility index (Phi) is 3.47. The minimum atomic E-state index is -3.33. The summed E-state index contributed by atoms with van der Waals surface area (Å²) in [6.07, 6.45) is 0. The van der Waals surface area contributed by atoms with Crippen LogP contribution in [-0.2, 0) is 9.84 Å². The van der Waals surface area contributed by atoms with Crippen molar-refractivity contribution in [2.75, 3.05) is 13.1 Å². The zero-order valence-electron chi connectivity index (χ0n) is 10.8. The molecule has 1 aromatic carbocycles. The summed E-state index contributed by atoms with van der Waals surface area (Å²) in [6.45, 7) is 6.90. The first-order chi connectivity index (χ1) is 8.23. The fourth-order valence-corrected chi connectivity index (χ4v) is 3.50. The van der Waals surface area contributed by atoms with E-state index in [2.05, 4.69) is 5.32 Å². The van der Waals surface area contributed by atoms with Gasteiger partial charge in [-0.2, -0.15) is 0 Å². The lowest BCUT2D eigenvalue weighted by Gasteiger charge is -2.28. The fraction of sp³-hybridized carbons (Fsp3) is 0.538. The van der Waals surface area contributed by atoms with Crippen LogP contribution in [0.4, 0.5) is 0 Å². The predicted molar refractivity (Wildman–Crippen MR) is 74.0 cm³/mol. The molecule has 0 saturated carbocycles. The quantitative estimate of drug-likeness (QED) is 0.909. The average molecular weight is 288 g/mol. The van der Waals surface area contributed by atoms with Crippen molar-refractivity contribution in [1.29, 1.82) is 0 Å². The molecule has 100 valence electrons. The Morgan fingerprint density at radius 1 is 1.28 bits per heavy atom. The summed E-state index contributed by atoms with van der Waals surface area (Å²) in [7, 11) is -3.33. The molecule has 0 aliphatic carbocycles. The molecule has 1 aliphatic heterocycles. The summed E-state index contributed by atoms with van der Waals surface area (Å²) >= 11 is 6.20. The number of sulfone groups is 1. The van der Waals surface area contributed by atoms with Crippen LogP contribution in [0.1, 0.15) is 32.3 Å². The largest absolute Gasteiger partial charge is 0.315 e. The van der Waals surface area contributed by atoms with Crippen molar-refractivity contribution in [2.24, 2.45) is 0 Å². The molecule has 0 aromatic heterocycles. The number of halogens is 1. The minimum Gasteiger partial charge on any atom is -0.315 e. The molecule has 5 heteroatoms. The lowest BCUT2D eigenvalue weighted by atomic mass is 9.94. The van der Waals surface area contributed by atoms with Gasteiger partial charge in [0.15, 0.2) is 9.84 Å². The van der Waals surface area contributed by atoms with Crippen LogP contribution < -0.4 is 5.32 Å². The van der Waals surface area contributed by atoms with Gasteiger partial charge in [-0.15, -0.1) is 0 Å². The van der Waals surface area contributed by atoms with Crippen LogP contribution in [0, 0.1) is 0 Å². The van der Waals surface area contributed by atoms with E-state index in [9.17, 15) is 8.42 Å². The second-order valence-corrected chi connectivity index (χ2v) is 8.76. The Bertz CT molecular complexity index is 557. The Hall–Kier alpha value is -0.580. The third-order valence-electron chi connectivity index (χ3n) is 3.31. The van der Waals surface area contributed by atoms with E-state index >= 15 is 0 Å². The number of hydrogen-bond donors (Lipinski definition) is 1. The van der Waals surface area contributed by atoms with Crippen molar-refractivity contribution in [1.82, 2.24) is 5.32 Å². The highest BCUT2D eigenvalue weighted by Gasteiger charge is 2.32. The molecule has 1 aliphatic rings. The second kappa shape index (κ2) is 4.51. The molecule has 1 saturated heterocycles. The summed E-state index contributed by atoms with van der Waals surface area (Å²) in [5, 5.41) is 3.73. The Morgan fingerprint density at radius 3 is 2.28 bits per heavy atom. The standard InChI is InChI=1S/C13H18ClNO2S/c1-13(2,3)18(16,17)10-4-5-11(12(14)6-10)9-7-15-8-9/h4-6,9,15H,7-8H2,1-3H3. The number of rotatable bonds is 2. The van der Waals surface area contributed by atoms with E-state index in [1.807, 2.05) is 6.07 Å². The molecule has 3 nitrogen and oxygen atoms in total. The maximum absolute atomic E-state index is 12.3. The molecule has 0 bridgehead atoms. The van der Waals surface area contributed by atoms with Gasteiger partial charge in [-0.05, 0) is 38.5 Å². The number of benzene rings is 1. The molecule has 1 heterocycles. The fourth-order valence-electron chi connectivity index (χ4n) is 1.87. The maximum Gasteiger partial charge on any atom is 0.183 e. The van der Waals surface area contributed by atoms with Gasteiger partial charge < -0.3 is 5.32 Å². The molecule has 1 aromatic rings. The van der Waals surface area contributed by atoms with Crippen molar-refractivity contribution in [3.63, 3.8) is 0 Å². The SMILES string of the molecule is CC(C)(C)S(=O)(=O)c1ccc(C2CNC2)c(Cl)c1. The molecular formula is C13H18ClNO2S. The zero-order chi connectivity index (χ0) is 13.6. The maximum atomic E-state index is 12.3. The van der Waals surface area contributed by atoms with Crippen LogP contribution >= 0.6 is 11.6 Å². The Morgan fingerprint density at radius 2 is 1.89 bits per heavy atom. The first-order valence-electron chi connectivity index (χ1n) is 5.98. The van der Waals surface area contributed by atoms with Crippen molar-refractivity contribution < 1.29 is 8.42 Å². The summed E-state index contributed by atoms with van der Waals surface area (Å²) in [4.78, 5) is 0.302. The first kappa shape index (κ1) is 13.8. The third kappa shape index (κ3) is 2.29. The van der Waals surface area contributed by atoms with Crippen molar-refractivity contribution in [3.8, 4) is 0 Å². The van der Waals surface area contributed by atoms with E-state index < -0.39 is 14.6 Å². The molecule has 1 N–H and O–H groups in total. The van der Waals surface area contributed by atoms with Crippen molar-refractivity contribution >= 4 is 21.4 Å². The van der Waals surface area contributed by atoms with Gasteiger partial charge in [0.25, 0.3) is 0 Å². The lowest BCUT2D eigenvalue weighted by molar-refractivity contribution is 0.448. The van der Waals surface area contributed by atoms with E-state index in [-0.39, 0.29) is 0 Å². The highest BCUT2D eigenvalue weighted by Crippen LogP contribution is 2.32. The molecule has 2 rings (SSSR count). The molecule has 18 heavy (non-hydrogen) atoms. The van der Waals surface area contributed by atoms with Crippen LogP contribution in [0.2, 0.25) is 5.02 Å². The van der Waals surface area contributed by atoms with Gasteiger partial charge in [0, 0.05) is 24.0 Å². The van der Waals surface area contributed by atoms with Gasteiger partial charge in [0.05, 0.1) is 9.64 Å². The van der Waals surface area contributed by atoms with Crippen LogP contribution in [0.25, 0.3) is 0 Å². The van der Waals surface area contributed by atoms with E-state index in [0.717, 1.165) is 18.7 Å². The van der Waals surface area contributed by atoms with Gasteiger partial charge in [-0.25, -0.2) is 8.42 Å². The highest BCUT2D eigenvalue weighted by molar-refractivity contribution is 7.92. The molecule has 0 spiro atoms. The lowest BCUT2D eigenvalue weighted by Crippen LogP contribution is -2.40. The third-order valence-corrected chi connectivity index (χ3v) is 6.12. The highest BCUT2D eigenvalue weighted by atomic mass is 35.5. The van der Waals surface area contributed by atoms with Gasteiger partial charge >= 0.3 is 0 Å². The molecular weight excluding hydrogens is 270 g/mol. The molecule has 0 amide bonds. The summed E-state index contributed by atoms with van der Waals surface area (Å²) in [5.41, 5.74) is 1.03. The van der Waals surface area contributed by atoms with Crippen LogP contribution in [0.3, 0.4) is 0 Å². The van der Waals surface area contributed by atoms with Crippen LogP contribution in [-0.4, -0.2) is 26.3 Å². The number of hydrogen-bond acceptors (Lipinski definition) is 3. The molecule has 1 fully saturated rings. The van der Waals surface area contributed by atoms with E-state index in [1.165, 1.54) is 0 Å².